The van der Waals surface area contributed by atoms with E-state index in [1.54, 1.807) is 0 Å². The number of halogens is 2. The van der Waals surface area contributed by atoms with Crippen molar-refractivity contribution in [2.75, 3.05) is 45.5 Å². The number of aryl methyl sites for hydroxylation is 2. The minimum Gasteiger partial charge on any atom is -0.340 e. The average Bonchev–Trinajstić information content (AvgIpc) is 3.00. The SMILES string of the molecule is CS(=O)(=O)N1CCC(CC(=O)N2CCN(C3c4ccc(Cl)cc4CCc4cc(Br)cnc43)CC2)CC1. The van der Waals surface area contributed by atoms with Crippen molar-refractivity contribution in [1.29, 1.82) is 0 Å². The fourth-order valence-electron chi connectivity index (χ4n) is 5.83. The zero-order valence-corrected chi connectivity index (χ0v) is 23.7. The number of sulfonamides is 1. The first-order valence-corrected chi connectivity index (χ1v) is 15.6. The molecule has 0 spiro atoms. The number of carbonyl (C=O) groups is 1. The number of amides is 1. The Morgan fingerprint density at radius 1 is 1.06 bits per heavy atom. The van der Waals surface area contributed by atoms with Crippen molar-refractivity contribution in [2.24, 2.45) is 5.92 Å². The Morgan fingerprint density at radius 2 is 1.75 bits per heavy atom. The van der Waals surface area contributed by atoms with E-state index in [0.717, 1.165) is 54.0 Å². The number of piperidine rings is 1. The number of piperazine rings is 1. The lowest BCUT2D eigenvalue weighted by molar-refractivity contribution is -0.134. The van der Waals surface area contributed by atoms with Crippen LogP contribution in [0.25, 0.3) is 0 Å². The van der Waals surface area contributed by atoms with Crippen LogP contribution in [0.5, 0.6) is 0 Å². The van der Waals surface area contributed by atoms with Gasteiger partial charge in [-0.3, -0.25) is 14.7 Å². The minimum atomic E-state index is -3.15. The lowest BCUT2D eigenvalue weighted by atomic mass is 9.93. The summed E-state index contributed by atoms with van der Waals surface area (Å²) in [6, 6.07) is 8.41. The van der Waals surface area contributed by atoms with Crippen LogP contribution in [0.4, 0.5) is 0 Å². The molecule has 1 aliphatic carbocycles. The molecule has 2 aliphatic heterocycles. The van der Waals surface area contributed by atoms with Crippen LogP contribution in [0.2, 0.25) is 5.02 Å². The molecule has 3 heterocycles. The fraction of sp³-hybridized carbons (Fsp3) is 0.538. The van der Waals surface area contributed by atoms with Gasteiger partial charge in [-0.05, 0) is 82.4 Å². The van der Waals surface area contributed by atoms with Crippen molar-refractivity contribution < 1.29 is 13.2 Å². The Labute approximate surface area is 227 Å². The Bertz CT molecular complexity index is 1190. The molecule has 1 aromatic heterocycles. The van der Waals surface area contributed by atoms with E-state index in [1.165, 1.54) is 27.3 Å². The lowest BCUT2D eigenvalue weighted by Gasteiger charge is -2.40. The zero-order chi connectivity index (χ0) is 25.4. The topological polar surface area (TPSA) is 73.8 Å². The second kappa shape index (κ2) is 10.7. The molecule has 2 fully saturated rings. The second-order valence-corrected chi connectivity index (χ2v) is 13.5. The molecule has 2 aromatic rings. The molecule has 2 saturated heterocycles. The highest BCUT2D eigenvalue weighted by atomic mass is 79.9. The molecule has 1 amide bonds. The molecular weight excluding hydrogens is 564 g/mol. The predicted molar refractivity (Wildman–Crippen MR) is 145 cm³/mol. The molecule has 0 saturated carbocycles. The van der Waals surface area contributed by atoms with Gasteiger partial charge < -0.3 is 4.90 Å². The summed E-state index contributed by atoms with van der Waals surface area (Å²) in [7, 11) is -3.15. The molecule has 1 atom stereocenters. The number of fused-ring (bicyclic) bond motifs is 2. The molecule has 10 heteroatoms. The van der Waals surface area contributed by atoms with Crippen LogP contribution in [-0.4, -0.2) is 78.9 Å². The van der Waals surface area contributed by atoms with Gasteiger partial charge in [0.15, 0.2) is 0 Å². The van der Waals surface area contributed by atoms with Gasteiger partial charge in [-0.1, -0.05) is 17.7 Å². The largest absolute Gasteiger partial charge is 0.340 e. The highest BCUT2D eigenvalue weighted by Gasteiger charge is 2.34. The first-order valence-electron chi connectivity index (χ1n) is 12.6. The van der Waals surface area contributed by atoms with Gasteiger partial charge in [0.05, 0.1) is 18.0 Å². The van der Waals surface area contributed by atoms with Crippen LogP contribution >= 0.6 is 27.5 Å². The van der Waals surface area contributed by atoms with Crippen LogP contribution < -0.4 is 0 Å². The summed E-state index contributed by atoms with van der Waals surface area (Å²) in [5.41, 5.74) is 4.86. The van der Waals surface area contributed by atoms with Gasteiger partial charge in [-0.25, -0.2) is 12.7 Å². The van der Waals surface area contributed by atoms with Crippen LogP contribution in [0.15, 0.2) is 34.9 Å². The standard InChI is InChI=1S/C26H32BrClN4O3S/c1-36(34,35)32-8-6-18(7-9-32)14-24(33)30-10-12-31(13-11-30)26-23-5-4-22(28)16-19(23)2-3-20-15-21(27)17-29-25(20)26/h4-5,15-18,26H,2-3,6-14H2,1H3. The van der Waals surface area contributed by atoms with E-state index in [0.29, 0.717) is 32.6 Å². The molecule has 3 aliphatic rings. The minimum absolute atomic E-state index is 0.0421. The van der Waals surface area contributed by atoms with Crippen molar-refractivity contribution >= 4 is 43.5 Å². The molecule has 0 radical (unpaired) electrons. The molecule has 7 nitrogen and oxygen atoms in total. The predicted octanol–water partition coefficient (Wildman–Crippen LogP) is 3.89. The van der Waals surface area contributed by atoms with Gasteiger partial charge in [0.1, 0.15) is 0 Å². The number of hydrogen-bond acceptors (Lipinski definition) is 5. The van der Waals surface area contributed by atoms with Crippen LogP contribution in [-0.2, 0) is 27.7 Å². The summed E-state index contributed by atoms with van der Waals surface area (Å²) in [4.78, 5) is 22.4. The number of rotatable bonds is 4. The maximum absolute atomic E-state index is 13.1. The third kappa shape index (κ3) is 5.65. The van der Waals surface area contributed by atoms with E-state index in [1.807, 2.05) is 17.2 Å². The van der Waals surface area contributed by atoms with Crippen LogP contribution in [0, 0.1) is 5.92 Å². The smallest absolute Gasteiger partial charge is 0.222 e. The molecule has 194 valence electrons. The number of hydrogen-bond donors (Lipinski definition) is 0. The third-order valence-electron chi connectivity index (χ3n) is 7.83. The Morgan fingerprint density at radius 3 is 2.44 bits per heavy atom. The molecule has 5 rings (SSSR count). The fourth-order valence-corrected chi connectivity index (χ4v) is 7.28. The molecule has 1 aromatic carbocycles. The molecule has 36 heavy (non-hydrogen) atoms. The third-order valence-corrected chi connectivity index (χ3v) is 9.80. The van der Waals surface area contributed by atoms with Gasteiger partial charge >= 0.3 is 0 Å². The van der Waals surface area contributed by atoms with Crippen molar-refractivity contribution in [3.8, 4) is 0 Å². The summed E-state index contributed by atoms with van der Waals surface area (Å²) < 4.78 is 26.0. The van der Waals surface area contributed by atoms with E-state index >= 15 is 0 Å². The summed E-state index contributed by atoms with van der Waals surface area (Å²) in [5, 5.41) is 0.755. The van der Waals surface area contributed by atoms with Gasteiger partial charge in [-0.15, -0.1) is 0 Å². The maximum Gasteiger partial charge on any atom is 0.222 e. The maximum atomic E-state index is 13.1. The molecule has 0 bridgehead atoms. The van der Waals surface area contributed by atoms with Crippen molar-refractivity contribution in [3.63, 3.8) is 0 Å². The van der Waals surface area contributed by atoms with E-state index in [9.17, 15) is 13.2 Å². The lowest BCUT2D eigenvalue weighted by Crippen LogP contribution is -2.50. The van der Waals surface area contributed by atoms with E-state index in [2.05, 4.69) is 39.0 Å². The highest BCUT2D eigenvalue weighted by molar-refractivity contribution is 9.10. The second-order valence-electron chi connectivity index (χ2n) is 10.2. The van der Waals surface area contributed by atoms with Gasteiger partial charge in [0, 0.05) is 61.4 Å². The number of pyridine rings is 1. The van der Waals surface area contributed by atoms with E-state index in [-0.39, 0.29) is 17.9 Å². The van der Waals surface area contributed by atoms with E-state index in [4.69, 9.17) is 16.6 Å². The quantitative estimate of drug-likeness (QED) is 0.536. The zero-order valence-electron chi connectivity index (χ0n) is 20.5. The van der Waals surface area contributed by atoms with Crippen LogP contribution in [0.3, 0.4) is 0 Å². The number of benzene rings is 1. The number of aromatic nitrogens is 1. The first-order chi connectivity index (χ1) is 17.2. The summed E-state index contributed by atoms with van der Waals surface area (Å²) in [5.74, 6) is 0.435. The summed E-state index contributed by atoms with van der Waals surface area (Å²) >= 11 is 9.93. The van der Waals surface area contributed by atoms with Crippen molar-refractivity contribution in [2.45, 2.75) is 38.1 Å². The number of carbonyl (C=O) groups excluding carboxylic acids is 1. The van der Waals surface area contributed by atoms with Gasteiger partial charge in [-0.2, -0.15) is 0 Å². The molecule has 0 N–H and O–H groups in total. The number of nitrogens with zero attached hydrogens (tertiary/aromatic N) is 4. The molecule has 1 unspecified atom stereocenters. The van der Waals surface area contributed by atoms with Crippen molar-refractivity contribution in [3.05, 3.63) is 62.3 Å². The summed E-state index contributed by atoms with van der Waals surface area (Å²) in [6.07, 6.45) is 6.97. The Kier molecular flexibility index (Phi) is 7.75. The Balaban J connectivity index is 1.26. The normalized spacial score (nSPS) is 22.1. The first kappa shape index (κ1) is 26.1. The van der Waals surface area contributed by atoms with Crippen molar-refractivity contribution in [1.82, 2.24) is 19.1 Å². The van der Waals surface area contributed by atoms with Crippen LogP contribution in [0.1, 0.15) is 47.7 Å². The summed E-state index contributed by atoms with van der Waals surface area (Å²) in [6.45, 7) is 3.96. The Hall–Kier alpha value is -1.52. The van der Waals surface area contributed by atoms with Gasteiger partial charge in [0.2, 0.25) is 15.9 Å². The van der Waals surface area contributed by atoms with Gasteiger partial charge in [0.25, 0.3) is 0 Å². The monoisotopic (exact) mass is 594 g/mol. The average molecular weight is 596 g/mol. The molecular formula is C26H32BrClN4O3S. The van der Waals surface area contributed by atoms with E-state index < -0.39 is 10.0 Å². The highest BCUT2D eigenvalue weighted by Crippen LogP contribution is 2.38.